The monoisotopic (exact) mass is 587 g/mol. The van der Waals surface area contributed by atoms with Crippen molar-refractivity contribution in [1.82, 2.24) is 0 Å². The molecule has 0 aromatic heterocycles. The van der Waals surface area contributed by atoms with Crippen LogP contribution in [0.25, 0.3) is 0 Å². The van der Waals surface area contributed by atoms with Gasteiger partial charge >= 0.3 is 0 Å². The van der Waals surface area contributed by atoms with E-state index in [0.29, 0.717) is 11.8 Å². The van der Waals surface area contributed by atoms with Crippen LogP contribution in [0.4, 0.5) is 17.1 Å². The lowest BCUT2D eigenvalue weighted by molar-refractivity contribution is 0.592. The first-order valence-electron chi connectivity index (χ1n) is 14.7. The molecule has 0 amide bonds. The van der Waals surface area contributed by atoms with Gasteiger partial charge in [-0.3, -0.25) is 0 Å². The minimum absolute atomic E-state index is 0.298. The Labute approximate surface area is 249 Å². The van der Waals surface area contributed by atoms with Crippen LogP contribution in [0.1, 0.15) is 56.2 Å². The quantitative estimate of drug-likeness (QED) is 0.199. The first-order valence-corrected chi connectivity index (χ1v) is 18.1. The molecule has 0 aliphatic carbocycles. The Balaban J connectivity index is 1.69. The van der Waals surface area contributed by atoms with Crippen LogP contribution in [0.15, 0.2) is 109 Å². The first-order chi connectivity index (χ1) is 20.2. The van der Waals surface area contributed by atoms with Crippen molar-refractivity contribution in [3.63, 3.8) is 0 Å². The predicted octanol–water partition coefficient (Wildman–Crippen LogP) is 7.62. The highest BCUT2D eigenvalue weighted by molar-refractivity contribution is 7.88. The van der Waals surface area contributed by atoms with E-state index >= 15 is 9.13 Å². The standard InChI is InChI=1S/C37H35NO2P2/c1-24(2)27-16-18-33-31(22-27)38-32-23-28(25(3)4)17-19-34(32)42(40,30-14-10-7-11-15-30)36-21-26(5)20-35(37(36)38)41(33,39)29-12-8-6-9-13-29/h6-25H,1-5H3. The molecular formula is C37H35NO2P2. The summed E-state index contributed by atoms with van der Waals surface area (Å²) in [5.74, 6) is 0.596. The van der Waals surface area contributed by atoms with Crippen LogP contribution in [-0.4, -0.2) is 0 Å². The van der Waals surface area contributed by atoms with E-state index in [1.807, 2.05) is 67.6 Å². The van der Waals surface area contributed by atoms with Gasteiger partial charge in [0.2, 0.25) is 0 Å². The van der Waals surface area contributed by atoms with Crippen molar-refractivity contribution in [2.24, 2.45) is 0 Å². The summed E-state index contributed by atoms with van der Waals surface area (Å²) in [7, 11) is -6.64. The van der Waals surface area contributed by atoms with Gasteiger partial charge in [0.05, 0.1) is 17.1 Å². The maximum Gasteiger partial charge on any atom is 0.175 e. The summed E-state index contributed by atoms with van der Waals surface area (Å²) in [6, 6.07) is 36.7. The van der Waals surface area contributed by atoms with Gasteiger partial charge in [0.1, 0.15) is 0 Å². The topological polar surface area (TPSA) is 37.4 Å². The third-order valence-electron chi connectivity index (χ3n) is 8.85. The van der Waals surface area contributed by atoms with Gasteiger partial charge in [-0.1, -0.05) is 100 Å². The number of rotatable bonds is 4. The van der Waals surface area contributed by atoms with Crippen molar-refractivity contribution in [3.8, 4) is 0 Å². The van der Waals surface area contributed by atoms with E-state index in [4.69, 9.17) is 0 Å². The molecule has 0 saturated heterocycles. The average Bonchev–Trinajstić information content (AvgIpc) is 3.01. The Morgan fingerprint density at radius 2 is 0.929 bits per heavy atom. The normalized spacial score (nSPS) is 20.3. The lowest BCUT2D eigenvalue weighted by Crippen LogP contribution is -2.46. The van der Waals surface area contributed by atoms with Gasteiger partial charge in [0.15, 0.2) is 14.3 Å². The number of anilines is 3. The van der Waals surface area contributed by atoms with Gasteiger partial charge in [-0.05, 0) is 71.8 Å². The number of hydrogen-bond donors (Lipinski definition) is 0. The maximum atomic E-state index is 15.9. The Bertz CT molecular complexity index is 1820. The second kappa shape index (κ2) is 9.70. The van der Waals surface area contributed by atoms with E-state index in [2.05, 4.69) is 81.1 Å². The zero-order valence-electron chi connectivity index (χ0n) is 24.7. The van der Waals surface area contributed by atoms with Crippen molar-refractivity contribution in [1.29, 1.82) is 0 Å². The molecule has 0 radical (unpaired) electrons. The molecule has 210 valence electrons. The summed E-state index contributed by atoms with van der Waals surface area (Å²) in [6.45, 7) is 10.8. The second-order valence-electron chi connectivity index (χ2n) is 12.2. The Morgan fingerprint density at radius 1 is 0.524 bits per heavy atom. The first kappa shape index (κ1) is 27.2. The molecule has 0 N–H and O–H groups in total. The molecule has 7 rings (SSSR count). The second-order valence-corrected chi connectivity index (χ2v) is 17.6. The molecule has 2 aliphatic heterocycles. The van der Waals surface area contributed by atoms with Gasteiger partial charge < -0.3 is 14.0 Å². The summed E-state index contributed by atoms with van der Waals surface area (Å²) < 4.78 is 31.7. The molecule has 2 heterocycles. The fourth-order valence-electron chi connectivity index (χ4n) is 6.60. The van der Waals surface area contributed by atoms with Crippen molar-refractivity contribution in [3.05, 3.63) is 126 Å². The summed E-state index contributed by atoms with van der Waals surface area (Å²) >= 11 is 0. The van der Waals surface area contributed by atoms with E-state index in [1.54, 1.807) is 0 Å². The maximum absolute atomic E-state index is 15.9. The predicted molar refractivity (Wildman–Crippen MR) is 180 cm³/mol. The highest BCUT2D eigenvalue weighted by Gasteiger charge is 2.49. The van der Waals surface area contributed by atoms with Crippen molar-refractivity contribution >= 4 is 63.2 Å². The van der Waals surface area contributed by atoms with Gasteiger partial charge in [0, 0.05) is 31.8 Å². The summed E-state index contributed by atoms with van der Waals surface area (Å²) in [4.78, 5) is 2.28. The van der Waals surface area contributed by atoms with Gasteiger partial charge in [-0.25, -0.2) is 0 Å². The minimum Gasteiger partial charge on any atom is -0.308 e. The van der Waals surface area contributed by atoms with Crippen molar-refractivity contribution < 1.29 is 9.13 Å². The summed E-state index contributed by atoms with van der Waals surface area (Å²) in [6.07, 6.45) is 0. The van der Waals surface area contributed by atoms with Gasteiger partial charge in [-0.2, -0.15) is 0 Å². The highest BCUT2D eigenvalue weighted by atomic mass is 31.2. The number of benzene rings is 5. The number of hydrogen-bond acceptors (Lipinski definition) is 3. The Hall–Kier alpha value is -3.64. The molecule has 5 aromatic carbocycles. The molecule has 0 saturated carbocycles. The Kier molecular flexibility index (Phi) is 6.28. The van der Waals surface area contributed by atoms with Gasteiger partial charge in [0.25, 0.3) is 0 Å². The number of fused-ring (bicyclic) bond motifs is 4. The molecule has 0 fully saturated rings. The molecule has 5 aromatic rings. The molecule has 2 aliphatic rings. The van der Waals surface area contributed by atoms with Crippen LogP contribution >= 0.6 is 14.3 Å². The van der Waals surface area contributed by atoms with Crippen molar-refractivity contribution in [2.75, 3.05) is 4.90 Å². The number of aryl methyl sites for hydroxylation is 1. The van der Waals surface area contributed by atoms with E-state index < -0.39 is 14.3 Å². The minimum atomic E-state index is -3.32. The smallest absolute Gasteiger partial charge is 0.175 e. The molecule has 2 unspecified atom stereocenters. The molecule has 0 spiro atoms. The molecule has 3 nitrogen and oxygen atoms in total. The lowest BCUT2D eigenvalue weighted by Gasteiger charge is -2.45. The molecule has 42 heavy (non-hydrogen) atoms. The van der Waals surface area contributed by atoms with Crippen LogP contribution in [0.2, 0.25) is 0 Å². The highest BCUT2D eigenvalue weighted by Crippen LogP contribution is 2.61. The third-order valence-corrected chi connectivity index (χ3v) is 15.1. The van der Waals surface area contributed by atoms with Crippen LogP contribution in [0.3, 0.4) is 0 Å². The number of nitrogens with zero attached hydrogens (tertiary/aromatic N) is 1. The van der Waals surface area contributed by atoms with Crippen LogP contribution in [0.5, 0.6) is 0 Å². The average molecular weight is 588 g/mol. The van der Waals surface area contributed by atoms with Crippen molar-refractivity contribution in [2.45, 2.75) is 46.5 Å². The van der Waals surface area contributed by atoms with Gasteiger partial charge in [-0.15, -0.1) is 0 Å². The van der Waals surface area contributed by atoms with E-state index in [9.17, 15) is 0 Å². The molecular weight excluding hydrogens is 552 g/mol. The van der Waals surface area contributed by atoms with Crippen LogP contribution in [0, 0.1) is 6.92 Å². The van der Waals surface area contributed by atoms with E-state index in [-0.39, 0.29) is 0 Å². The lowest BCUT2D eigenvalue weighted by atomic mass is 10.00. The zero-order chi connectivity index (χ0) is 29.4. The summed E-state index contributed by atoms with van der Waals surface area (Å²) in [5, 5.41) is 4.80. The fourth-order valence-corrected chi connectivity index (χ4v) is 12.9. The van der Waals surface area contributed by atoms with E-state index in [0.717, 1.165) is 54.5 Å². The molecule has 5 heteroatoms. The van der Waals surface area contributed by atoms with Crippen LogP contribution < -0.4 is 36.7 Å². The molecule has 0 bridgehead atoms. The van der Waals surface area contributed by atoms with Crippen LogP contribution in [-0.2, 0) is 9.13 Å². The zero-order valence-corrected chi connectivity index (χ0v) is 26.5. The molecule has 2 atom stereocenters. The van der Waals surface area contributed by atoms with E-state index in [1.165, 1.54) is 11.1 Å². The SMILES string of the molecule is Cc1cc2c3c(c1)P(=O)(c1ccccc1)c1ccc(C(C)C)cc1N3c1cc(C(C)C)ccc1P2(=O)c1ccccc1. The largest absolute Gasteiger partial charge is 0.308 e. The Morgan fingerprint density at radius 3 is 1.31 bits per heavy atom. The summed E-state index contributed by atoms with van der Waals surface area (Å²) in [5.41, 5.74) is 6.00. The third kappa shape index (κ3) is 3.73. The fraction of sp³-hybridized carbons (Fsp3) is 0.189.